The molecule has 0 aromatic rings. The lowest BCUT2D eigenvalue weighted by Crippen LogP contribution is -2.61. The van der Waals surface area contributed by atoms with E-state index >= 15 is 0 Å². The Labute approximate surface area is 147 Å². The number of nitrogens with one attached hydrogen (secondary N) is 2. The Kier molecular flexibility index (Phi) is 6.96. The maximum Gasteiger partial charge on any atom is 0.326 e. The molecule has 1 heterocycles. The Hall–Kier alpha value is -2.12. The van der Waals surface area contributed by atoms with E-state index in [1.807, 2.05) is 13.8 Å². The monoisotopic (exact) mass is 356 g/mol. The Morgan fingerprint density at radius 1 is 0.960 bits per heavy atom. The molecule has 8 heteroatoms. The number of carbonyl (C=O) groups excluding carboxylic acids is 3. The molecule has 0 aliphatic carbocycles. The molecule has 1 aliphatic heterocycles. The summed E-state index contributed by atoms with van der Waals surface area (Å²) >= 11 is 0. The van der Waals surface area contributed by atoms with E-state index in [1.165, 1.54) is 0 Å². The third-order valence-corrected chi connectivity index (χ3v) is 4.30. The topological polar surface area (TPSA) is 122 Å². The van der Waals surface area contributed by atoms with Gasteiger partial charge in [-0.1, -0.05) is 41.5 Å². The molecular formula is C17H28N2O6. The minimum Gasteiger partial charge on any atom is -0.480 e. The highest BCUT2D eigenvalue weighted by atomic mass is 16.6. The van der Waals surface area contributed by atoms with Gasteiger partial charge in [0, 0.05) is 0 Å². The third-order valence-electron chi connectivity index (χ3n) is 4.30. The number of hydrogen-bond donors (Lipinski definition) is 3. The number of hydrogen-bond acceptors (Lipinski definition) is 5. The number of rotatable bonds is 8. The largest absolute Gasteiger partial charge is 0.480 e. The van der Waals surface area contributed by atoms with E-state index in [9.17, 15) is 24.3 Å². The first-order valence-corrected chi connectivity index (χ1v) is 8.51. The summed E-state index contributed by atoms with van der Waals surface area (Å²) in [4.78, 5) is 47.6. The molecule has 1 aliphatic rings. The molecule has 8 nitrogen and oxygen atoms in total. The van der Waals surface area contributed by atoms with Crippen molar-refractivity contribution in [2.45, 2.75) is 59.7 Å². The summed E-state index contributed by atoms with van der Waals surface area (Å²) in [6.45, 7) is 10.5. The normalized spacial score (nSPS) is 22.2. The van der Waals surface area contributed by atoms with Crippen LogP contribution in [-0.2, 0) is 23.9 Å². The quantitative estimate of drug-likeness (QED) is 0.546. The first kappa shape index (κ1) is 20.9. The summed E-state index contributed by atoms with van der Waals surface area (Å²) in [6.07, 6.45) is -0.915. The van der Waals surface area contributed by atoms with Crippen molar-refractivity contribution in [2.75, 3.05) is 0 Å². The summed E-state index contributed by atoms with van der Waals surface area (Å²) < 4.78 is 4.92. The van der Waals surface area contributed by atoms with Crippen LogP contribution in [0, 0.1) is 23.7 Å². The number of cyclic esters (lactones) is 1. The summed E-state index contributed by atoms with van der Waals surface area (Å²) in [5, 5.41) is 14.2. The summed E-state index contributed by atoms with van der Waals surface area (Å²) in [6, 6.07) is -1.96. The number of aliphatic carboxylic acids is 1. The number of carboxylic acids is 1. The Morgan fingerprint density at radius 2 is 1.48 bits per heavy atom. The van der Waals surface area contributed by atoms with Crippen molar-refractivity contribution >= 4 is 23.8 Å². The third kappa shape index (κ3) is 4.93. The van der Waals surface area contributed by atoms with Gasteiger partial charge in [0.05, 0.1) is 0 Å². The number of esters is 1. The van der Waals surface area contributed by atoms with Crippen LogP contribution in [0.1, 0.15) is 41.5 Å². The maximum absolute atomic E-state index is 12.5. The van der Waals surface area contributed by atoms with Crippen LogP contribution in [0.3, 0.4) is 0 Å². The lowest BCUT2D eigenvalue weighted by atomic mass is 9.85. The van der Waals surface area contributed by atoms with E-state index in [0.29, 0.717) is 0 Å². The molecule has 0 saturated carbocycles. The maximum atomic E-state index is 12.5. The standard InChI is InChI=1S/C17H28N2O6/c1-7(2)10-13(25-17(10)24)15(21)18-11(8(3)4)14(20)19-12(9(5)6)16(22)23/h7-13H,1-6H3,(H,18,21)(H,19,20)(H,22,23). The molecule has 4 atom stereocenters. The van der Waals surface area contributed by atoms with Gasteiger partial charge in [-0.05, 0) is 17.8 Å². The average molecular weight is 356 g/mol. The lowest BCUT2D eigenvalue weighted by molar-refractivity contribution is -0.193. The molecule has 1 rings (SSSR count). The van der Waals surface area contributed by atoms with Crippen molar-refractivity contribution < 1.29 is 29.0 Å². The zero-order chi connectivity index (χ0) is 19.5. The highest BCUT2D eigenvalue weighted by Crippen LogP contribution is 2.29. The van der Waals surface area contributed by atoms with Gasteiger partial charge >= 0.3 is 11.9 Å². The molecular weight excluding hydrogens is 328 g/mol. The Bertz CT molecular complexity index is 543. The van der Waals surface area contributed by atoms with E-state index < -0.39 is 47.9 Å². The summed E-state index contributed by atoms with van der Waals surface area (Å²) in [7, 11) is 0. The van der Waals surface area contributed by atoms with Crippen LogP contribution in [0.2, 0.25) is 0 Å². The average Bonchev–Trinajstić information content (AvgIpc) is 2.45. The highest BCUT2D eigenvalue weighted by molar-refractivity contribution is 5.97. The van der Waals surface area contributed by atoms with Crippen LogP contribution in [0.25, 0.3) is 0 Å². The number of carbonyl (C=O) groups is 4. The van der Waals surface area contributed by atoms with Gasteiger partial charge in [0.2, 0.25) is 5.91 Å². The van der Waals surface area contributed by atoms with Gasteiger partial charge in [-0.15, -0.1) is 0 Å². The van der Waals surface area contributed by atoms with Crippen LogP contribution in [0.4, 0.5) is 0 Å². The lowest BCUT2D eigenvalue weighted by Gasteiger charge is -2.37. The molecule has 2 amide bonds. The van der Waals surface area contributed by atoms with E-state index in [-0.39, 0.29) is 17.8 Å². The van der Waals surface area contributed by atoms with E-state index in [2.05, 4.69) is 10.6 Å². The smallest absolute Gasteiger partial charge is 0.326 e. The van der Waals surface area contributed by atoms with Crippen LogP contribution in [0.5, 0.6) is 0 Å². The fourth-order valence-electron chi connectivity index (χ4n) is 2.69. The summed E-state index contributed by atoms with van der Waals surface area (Å²) in [5.74, 6) is -3.82. The minimum atomic E-state index is -1.13. The Balaban J connectivity index is 2.80. The zero-order valence-electron chi connectivity index (χ0n) is 15.5. The van der Waals surface area contributed by atoms with Gasteiger partial charge in [-0.2, -0.15) is 0 Å². The fourth-order valence-corrected chi connectivity index (χ4v) is 2.69. The van der Waals surface area contributed by atoms with E-state index in [1.54, 1.807) is 27.7 Å². The van der Waals surface area contributed by atoms with Crippen molar-refractivity contribution in [3.05, 3.63) is 0 Å². The molecule has 4 unspecified atom stereocenters. The summed E-state index contributed by atoms with van der Waals surface area (Å²) in [5.41, 5.74) is 0. The van der Waals surface area contributed by atoms with Crippen molar-refractivity contribution in [1.82, 2.24) is 10.6 Å². The molecule has 142 valence electrons. The fraction of sp³-hybridized carbons (Fsp3) is 0.765. The van der Waals surface area contributed by atoms with Crippen molar-refractivity contribution in [2.24, 2.45) is 23.7 Å². The van der Waals surface area contributed by atoms with Gasteiger partial charge in [-0.25, -0.2) is 4.79 Å². The molecule has 1 fully saturated rings. The molecule has 1 saturated heterocycles. The first-order valence-electron chi connectivity index (χ1n) is 8.51. The molecule has 0 aromatic carbocycles. The molecule has 3 N–H and O–H groups in total. The SMILES string of the molecule is CC(C)C(NC(=O)C(NC(=O)C1OC(=O)C1C(C)C)C(C)C)C(=O)O. The van der Waals surface area contributed by atoms with Gasteiger partial charge < -0.3 is 20.5 Å². The van der Waals surface area contributed by atoms with Crippen LogP contribution < -0.4 is 10.6 Å². The molecule has 0 spiro atoms. The zero-order valence-corrected chi connectivity index (χ0v) is 15.5. The van der Waals surface area contributed by atoms with Crippen molar-refractivity contribution in [3.63, 3.8) is 0 Å². The van der Waals surface area contributed by atoms with E-state index in [4.69, 9.17) is 4.74 Å². The van der Waals surface area contributed by atoms with Gasteiger partial charge in [0.1, 0.15) is 18.0 Å². The van der Waals surface area contributed by atoms with E-state index in [0.717, 1.165) is 0 Å². The van der Waals surface area contributed by atoms with Crippen LogP contribution >= 0.6 is 0 Å². The minimum absolute atomic E-state index is 0.0549. The van der Waals surface area contributed by atoms with Gasteiger partial charge in [0.15, 0.2) is 6.10 Å². The molecule has 0 bridgehead atoms. The van der Waals surface area contributed by atoms with Crippen molar-refractivity contribution in [1.29, 1.82) is 0 Å². The Morgan fingerprint density at radius 3 is 1.84 bits per heavy atom. The van der Waals surface area contributed by atoms with Crippen LogP contribution in [0.15, 0.2) is 0 Å². The predicted molar refractivity (Wildman–Crippen MR) is 89.4 cm³/mol. The highest BCUT2D eigenvalue weighted by Gasteiger charge is 2.49. The number of ether oxygens (including phenoxy) is 1. The number of carboxylic acid groups (broad SMARTS) is 1. The van der Waals surface area contributed by atoms with Gasteiger partial charge in [-0.3, -0.25) is 14.4 Å². The predicted octanol–water partition coefficient (Wildman–Crippen LogP) is 0.550. The second kappa shape index (κ2) is 8.31. The molecule has 0 aromatic heterocycles. The second-order valence-corrected chi connectivity index (χ2v) is 7.43. The van der Waals surface area contributed by atoms with Crippen LogP contribution in [-0.4, -0.2) is 47.0 Å². The number of amides is 2. The second-order valence-electron chi connectivity index (χ2n) is 7.43. The van der Waals surface area contributed by atoms with Crippen molar-refractivity contribution in [3.8, 4) is 0 Å². The molecule has 25 heavy (non-hydrogen) atoms. The van der Waals surface area contributed by atoms with Gasteiger partial charge in [0.25, 0.3) is 5.91 Å². The first-order chi connectivity index (χ1) is 11.5. The molecule has 0 radical (unpaired) electrons.